The van der Waals surface area contributed by atoms with Gasteiger partial charge in [-0.15, -0.1) is 11.8 Å². The molecule has 1 aromatic rings. The van der Waals surface area contributed by atoms with Crippen LogP contribution in [0.5, 0.6) is 0 Å². The smallest absolute Gasteiger partial charge is 0.335 e. The monoisotopic (exact) mass is 418 g/mol. The molecule has 0 saturated heterocycles. The number of aromatic carboxylic acids is 1. The van der Waals surface area contributed by atoms with Gasteiger partial charge >= 0.3 is 5.97 Å². The fourth-order valence-electron chi connectivity index (χ4n) is 4.49. The summed E-state index contributed by atoms with van der Waals surface area (Å²) < 4.78 is 0. The van der Waals surface area contributed by atoms with Gasteiger partial charge in [-0.3, -0.25) is 4.79 Å². The topological polar surface area (TPSA) is 94.8 Å². The normalized spacial score (nSPS) is 27.1. The lowest BCUT2D eigenvalue weighted by Crippen LogP contribution is -2.40. The van der Waals surface area contributed by atoms with Crippen LogP contribution in [0.15, 0.2) is 41.3 Å². The van der Waals surface area contributed by atoms with Crippen LogP contribution in [0, 0.1) is 17.3 Å². The summed E-state index contributed by atoms with van der Waals surface area (Å²) in [6.45, 7) is 2.13. The summed E-state index contributed by atoms with van der Waals surface area (Å²) in [6.07, 6.45) is 7.83. The maximum Gasteiger partial charge on any atom is 0.335 e. The Kier molecular flexibility index (Phi) is 7.19. The molecule has 4 atom stereocenters. The molecule has 2 saturated carbocycles. The second kappa shape index (κ2) is 9.45. The lowest BCUT2D eigenvalue weighted by molar-refractivity contribution is -0.120. The highest BCUT2D eigenvalue weighted by Crippen LogP contribution is 2.47. The van der Waals surface area contributed by atoms with Crippen LogP contribution in [0.4, 0.5) is 0 Å². The van der Waals surface area contributed by atoms with Gasteiger partial charge in [-0.05, 0) is 55.4 Å². The van der Waals surface area contributed by atoms with Gasteiger partial charge in [0.05, 0.1) is 17.8 Å². The van der Waals surface area contributed by atoms with Gasteiger partial charge in [0.15, 0.2) is 0 Å². The SMILES string of the molecule is CCC1(C(O)C/C=C/[C@H]2[C@H](O)CC(=O)[C@@H]2CSc2ccc(C(=O)O)cc2)CCC1. The highest BCUT2D eigenvalue weighted by Gasteiger charge is 2.42. The average molecular weight is 419 g/mol. The molecule has 0 aromatic heterocycles. The van der Waals surface area contributed by atoms with Crippen LogP contribution in [0.2, 0.25) is 0 Å². The van der Waals surface area contributed by atoms with Crippen molar-refractivity contribution in [1.29, 1.82) is 0 Å². The molecule has 29 heavy (non-hydrogen) atoms. The number of hydrogen-bond acceptors (Lipinski definition) is 5. The third-order valence-electron chi connectivity index (χ3n) is 6.74. The van der Waals surface area contributed by atoms with Crippen molar-refractivity contribution in [2.75, 3.05) is 5.75 Å². The van der Waals surface area contributed by atoms with Crippen molar-refractivity contribution in [1.82, 2.24) is 0 Å². The number of rotatable bonds is 9. The average Bonchev–Trinajstić information content (AvgIpc) is 2.93. The Bertz CT molecular complexity index is 748. The summed E-state index contributed by atoms with van der Waals surface area (Å²) in [5.41, 5.74) is 0.281. The maximum absolute atomic E-state index is 12.4. The third kappa shape index (κ3) is 4.93. The van der Waals surface area contributed by atoms with Gasteiger partial charge in [0.1, 0.15) is 5.78 Å². The van der Waals surface area contributed by atoms with Gasteiger partial charge in [-0.1, -0.05) is 25.5 Å². The van der Waals surface area contributed by atoms with Crippen molar-refractivity contribution in [2.45, 2.75) is 62.6 Å². The lowest BCUT2D eigenvalue weighted by atomic mass is 9.63. The summed E-state index contributed by atoms with van der Waals surface area (Å²) in [7, 11) is 0. The molecule has 2 aliphatic carbocycles. The molecule has 0 amide bonds. The highest BCUT2D eigenvalue weighted by atomic mass is 32.2. The summed E-state index contributed by atoms with van der Waals surface area (Å²) in [6, 6.07) is 6.60. The molecule has 0 radical (unpaired) electrons. The zero-order valence-corrected chi connectivity index (χ0v) is 17.6. The summed E-state index contributed by atoms with van der Waals surface area (Å²) in [5.74, 6) is -0.870. The minimum Gasteiger partial charge on any atom is -0.478 e. The predicted molar refractivity (Wildman–Crippen MR) is 113 cm³/mol. The first-order chi connectivity index (χ1) is 13.9. The summed E-state index contributed by atoms with van der Waals surface area (Å²) in [5, 5.41) is 29.9. The molecular formula is C23H30O5S. The van der Waals surface area contributed by atoms with Crippen LogP contribution in [-0.4, -0.2) is 45.0 Å². The molecule has 1 aromatic carbocycles. The fraction of sp³-hybridized carbons (Fsp3) is 0.565. The highest BCUT2D eigenvalue weighted by molar-refractivity contribution is 7.99. The Labute approximate surface area is 176 Å². The second-order valence-corrected chi connectivity index (χ2v) is 9.40. The number of ketones is 1. The standard InChI is InChI=1S/C23H30O5S/c1-2-23(11-4-12-23)21(26)6-3-5-17-18(20(25)13-19(17)24)14-29-16-9-7-15(8-10-16)22(27)28/h3,5,7-10,17-19,21,24,26H,2,4,6,11-14H2,1H3,(H,27,28)/b5-3+/t17-,18-,19-,21?/m1/s1. The first-order valence-electron chi connectivity index (χ1n) is 10.4. The van der Waals surface area contributed by atoms with Crippen LogP contribution >= 0.6 is 11.8 Å². The van der Waals surface area contributed by atoms with E-state index in [1.165, 1.54) is 18.2 Å². The van der Waals surface area contributed by atoms with E-state index in [2.05, 4.69) is 6.92 Å². The number of aliphatic hydroxyl groups excluding tert-OH is 2. The number of hydrogen-bond donors (Lipinski definition) is 3. The zero-order valence-electron chi connectivity index (χ0n) is 16.8. The Morgan fingerprint density at radius 1 is 1.31 bits per heavy atom. The molecule has 0 bridgehead atoms. The van der Waals surface area contributed by atoms with Crippen LogP contribution in [-0.2, 0) is 4.79 Å². The molecule has 2 aliphatic rings. The number of carboxylic acids is 1. The maximum atomic E-state index is 12.4. The minimum absolute atomic E-state index is 0.0474. The van der Waals surface area contributed by atoms with Crippen LogP contribution in [0.1, 0.15) is 55.8 Å². The van der Waals surface area contributed by atoms with Gasteiger partial charge in [0, 0.05) is 28.9 Å². The van der Waals surface area contributed by atoms with Crippen molar-refractivity contribution in [3.8, 4) is 0 Å². The summed E-state index contributed by atoms with van der Waals surface area (Å²) in [4.78, 5) is 24.2. The number of Topliss-reactive ketones (excluding diaryl/α,β-unsaturated/α-hetero) is 1. The molecule has 5 nitrogen and oxygen atoms in total. The third-order valence-corrected chi connectivity index (χ3v) is 7.87. The van der Waals surface area contributed by atoms with Crippen molar-refractivity contribution in [3.05, 3.63) is 42.0 Å². The Hall–Kier alpha value is -1.63. The van der Waals surface area contributed by atoms with E-state index in [4.69, 9.17) is 5.11 Å². The van der Waals surface area contributed by atoms with Crippen LogP contribution in [0.25, 0.3) is 0 Å². The number of benzene rings is 1. The molecule has 0 heterocycles. The number of carbonyl (C=O) groups excluding carboxylic acids is 1. The quantitative estimate of drug-likeness (QED) is 0.415. The molecule has 3 rings (SSSR count). The number of carboxylic acid groups (broad SMARTS) is 1. The van der Waals surface area contributed by atoms with E-state index in [1.54, 1.807) is 24.3 Å². The van der Waals surface area contributed by atoms with E-state index in [0.29, 0.717) is 12.2 Å². The largest absolute Gasteiger partial charge is 0.478 e. The zero-order chi connectivity index (χ0) is 21.0. The van der Waals surface area contributed by atoms with E-state index in [0.717, 1.165) is 24.2 Å². The molecule has 1 unspecified atom stereocenters. The Morgan fingerprint density at radius 3 is 2.55 bits per heavy atom. The first-order valence-corrected chi connectivity index (χ1v) is 11.4. The van der Waals surface area contributed by atoms with Gasteiger partial charge in [-0.25, -0.2) is 4.79 Å². The summed E-state index contributed by atoms with van der Waals surface area (Å²) >= 11 is 1.50. The molecular weight excluding hydrogens is 388 g/mol. The molecule has 2 fully saturated rings. The molecule has 3 N–H and O–H groups in total. The second-order valence-electron chi connectivity index (χ2n) is 8.31. The van der Waals surface area contributed by atoms with Crippen molar-refractivity contribution in [3.63, 3.8) is 0 Å². The van der Waals surface area contributed by atoms with Crippen LogP contribution < -0.4 is 0 Å². The molecule has 158 valence electrons. The van der Waals surface area contributed by atoms with Gasteiger partial charge < -0.3 is 15.3 Å². The van der Waals surface area contributed by atoms with Crippen molar-refractivity contribution >= 4 is 23.5 Å². The molecule has 6 heteroatoms. The van der Waals surface area contributed by atoms with Crippen molar-refractivity contribution in [2.24, 2.45) is 17.3 Å². The van der Waals surface area contributed by atoms with Crippen LogP contribution in [0.3, 0.4) is 0 Å². The Balaban J connectivity index is 1.58. The predicted octanol–water partition coefficient (Wildman–Crippen LogP) is 3.93. The van der Waals surface area contributed by atoms with Gasteiger partial charge in [-0.2, -0.15) is 0 Å². The molecule has 0 aliphatic heterocycles. The number of aliphatic hydroxyl groups is 2. The number of thioether (sulfide) groups is 1. The molecule has 0 spiro atoms. The number of carbonyl (C=O) groups is 2. The van der Waals surface area contributed by atoms with E-state index in [1.807, 2.05) is 12.2 Å². The van der Waals surface area contributed by atoms with E-state index < -0.39 is 12.1 Å². The van der Waals surface area contributed by atoms with Gasteiger partial charge in [0.2, 0.25) is 0 Å². The van der Waals surface area contributed by atoms with Crippen molar-refractivity contribution < 1.29 is 24.9 Å². The first kappa shape index (κ1) is 22.1. The fourth-order valence-corrected chi connectivity index (χ4v) is 5.60. The van der Waals surface area contributed by atoms with E-state index >= 15 is 0 Å². The minimum atomic E-state index is -0.963. The van der Waals surface area contributed by atoms with E-state index in [-0.39, 0.29) is 41.1 Å². The van der Waals surface area contributed by atoms with E-state index in [9.17, 15) is 19.8 Å². The lowest BCUT2D eigenvalue weighted by Gasteiger charge is -2.45. The Morgan fingerprint density at radius 2 is 2.00 bits per heavy atom. The van der Waals surface area contributed by atoms with Gasteiger partial charge in [0.25, 0.3) is 0 Å².